The van der Waals surface area contributed by atoms with Crippen LogP contribution in [0.25, 0.3) is 0 Å². The molecule has 0 amide bonds. The molecule has 0 radical (unpaired) electrons. The molecule has 5 nitrogen and oxygen atoms in total. The first-order valence-electron chi connectivity index (χ1n) is 10.7. The fourth-order valence-electron chi connectivity index (χ4n) is 3.56. The van der Waals surface area contributed by atoms with E-state index in [1.54, 1.807) is 6.92 Å². The predicted octanol–water partition coefficient (Wildman–Crippen LogP) is 5.43. The smallest absolute Gasteiger partial charge is 0.137 e. The van der Waals surface area contributed by atoms with E-state index in [1.807, 2.05) is 25.3 Å². The van der Waals surface area contributed by atoms with E-state index in [-0.39, 0.29) is 17.5 Å². The second-order valence-corrected chi connectivity index (χ2v) is 8.78. The zero-order valence-corrected chi connectivity index (χ0v) is 19.3. The molecule has 0 spiro atoms. The lowest BCUT2D eigenvalue weighted by atomic mass is 9.96. The van der Waals surface area contributed by atoms with Crippen molar-refractivity contribution in [3.63, 3.8) is 0 Å². The highest BCUT2D eigenvalue weighted by Crippen LogP contribution is 2.37. The number of phenols is 1. The van der Waals surface area contributed by atoms with Gasteiger partial charge in [-0.2, -0.15) is 0 Å². The molecule has 0 aliphatic heterocycles. The van der Waals surface area contributed by atoms with Crippen molar-refractivity contribution >= 4 is 21.7 Å². The minimum absolute atomic E-state index is 0.110. The summed E-state index contributed by atoms with van der Waals surface area (Å²) in [7, 11) is 0. The number of ketones is 1. The molecule has 1 aliphatic carbocycles. The molecule has 162 valence electrons. The van der Waals surface area contributed by atoms with Crippen LogP contribution in [0, 0.1) is 5.92 Å². The highest BCUT2D eigenvalue weighted by molar-refractivity contribution is 9.10. The van der Waals surface area contributed by atoms with Crippen LogP contribution in [0.3, 0.4) is 0 Å². The first kappa shape index (κ1) is 22.6. The van der Waals surface area contributed by atoms with Crippen molar-refractivity contribution in [1.29, 1.82) is 0 Å². The molecule has 1 aliphatic rings. The van der Waals surface area contributed by atoms with Crippen molar-refractivity contribution in [2.45, 2.75) is 58.8 Å². The topological polar surface area (TPSA) is 68.7 Å². The van der Waals surface area contributed by atoms with Gasteiger partial charge in [-0.05, 0) is 91.1 Å². The van der Waals surface area contributed by atoms with Gasteiger partial charge in [-0.15, -0.1) is 0 Å². The van der Waals surface area contributed by atoms with Crippen LogP contribution in [-0.2, 0) is 24.1 Å². The summed E-state index contributed by atoms with van der Waals surface area (Å²) >= 11 is 3.41. The number of halogens is 1. The first-order chi connectivity index (χ1) is 14.5. The number of pyridine rings is 1. The number of benzene rings is 1. The number of aromatic hydroxyl groups is 1. The number of nitrogens with zero attached hydrogens (tertiary/aromatic N) is 1. The maximum Gasteiger partial charge on any atom is 0.137 e. The lowest BCUT2D eigenvalue weighted by Gasteiger charge is -2.16. The summed E-state index contributed by atoms with van der Waals surface area (Å²) < 4.78 is 12.2. The first-order valence-corrected chi connectivity index (χ1v) is 11.5. The second kappa shape index (κ2) is 10.8. The summed E-state index contributed by atoms with van der Waals surface area (Å²) in [5.74, 6) is 1.58. The molecule has 6 heteroatoms. The molecule has 0 bridgehead atoms. The van der Waals surface area contributed by atoms with E-state index >= 15 is 0 Å². The van der Waals surface area contributed by atoms with Gasteiger partial charge in [-0.3, -0.25) is 9.78 Å². The average molecular weight is 476 g/mol. The van der Waals surface area contributed by atoms with Crippen LogP contribution in [0.4, 0.5) is 0 Å². The van der Waals surface area contributed by atoms with E-state index in [9.17, 15) is 9.90 Å². The Morgan fingerprint density at radius 3 is 2.70 bits per heavy atom. The molecular weight excluding hydrogens is 446 g/mol. The van der Waals surface area contributed by atoms with Crippen LogP contribution in [0.5, 0.6) is 17.2 Å². The number of hydrogen-bond acceptors (Lipinski definition) is 5. The number of unbranched alkanes of at least 4 members (excludes halogenated alkanes) is 1. The molecular formula is C24H30BrNO4. The molecule has 3 rings (SSSR count). The van der Waals surface area contributed by atoms with Crippen LogP contribution < -0.4 is 9.47 Å². The van der Waals surface area contributed by atoms with Crippen LogP contribution >= 0.6 is 15.9 Å². The standard InChI is InChI=1S/C24H30BrNO4/c1-16(17(2)27)13-19-9-10-22(23(25)24(19)28)30-12-6-5-11-29-20-14-18-7-3-4-8-21(18)26-15-20/h9-10,14-16,28H,3-8,11-13H2,1-2H3. The van der Waals surface area contributed by atoms with Crippen molar-refractivity contribution in [2.24, 2.45) is 5.92 Å². The van der Waals surface area contributed by atoms with Crippen LogP contribution in [-0.4, -0.2) is 29.1 Å². The van der Waals surface area contributed by atoms with Crippen molar-refractivity contribution < 1.29 is 19.4 Å². The molecule has 1 aromatic carbocycles. The Morgan fingerprint density at radius 1 is 1.20 bits per heavy atom. The summed E-state index contributed by atoms with van der Waals surface area (Å²) in [6.45, 7) is 4.59. The Hall–Kier alpha value is -2.08. The van der Waals surface area contributed by atoms with Gasteiger partial charge in [0.2, 0.25) is 0 Å². The number of fused-ring (bicyclic) bond motifs is 1. The summed E-state index contributed by atoms with van der Waals surface area (Å²) in [5.41, 5.74) is 3.29. The molecule has 1 unspecified atom stereocenters. The Labute approximate surface area is 186 Å². The quantitative estimate of drug-likeness (QED) is 0.463. The van der Waals surface area contributed by atoms with Crippen LogP contribution in [0.15, 0.2) is 28.9 Å². The number of carbonyl (C=O) groups excluding carboxylic acids is 1. The molecule has 0 fully saturated rings. The van der Waals surface area contributed by atoms with Gasteiger partial charge in [-0.1, -0.05) is 13.0 Å². The van der Waals surface area contributed by atoms with Gasteiger partial charge >= 0.3 is 0 Å². The predicted molar refractivity (Wildman–Crippen MR) is 120 cm³/mol. The second-order valence-electron chi connectivity index (χ2n) is 7.99. The van der Waals surface area contributed by atoms with Gasteiger partial charge in [0.25, 0.3) is 0 Å². The molecule has 1 heterocycles. The van der Waals surface area contributed by atoms with Crippen molar-refractivity contribution in [3.05, 3.63) is 45.7 Å². The summed E-state index contributed by atoms with van der Waals surface area (Å²) in [6.07, 6.45) is 8.69. The Balaban J connectivity index is 1.41. The molecule has 2 aromatic rings. The van der Waals surface area contributed by atoms with Gasteiger partial charge < -0.3 is 14.6 Å². The van der Waals surface area contributed by atoms with Gasteiger partial charge in [0, 0.05) is 11.6 Å². The maximum atomic E-state index is 11.5. The Kier molecular flexibility index (Phi) is 8.14. The highest BCUT2D eigenvalue weighted by Gasteiger charge is 2.16. The summed E-state index contributed by atoms with van der Waals surface area (Å²) in [6, 6.07) is 5.79. The van der Waals surface area contributed by atoms with Crippen molar-refractivity contribution in [1.82, 2.24) is 4.98 Å². The van der Waals surface area contributed by atoms with Gasteiger partial charge in [0.1, 0.15) is 27.5 Å². The summed E-state index contributed by atoms with van der Waals surface area (Å²) in [4.78, 5) is 16.0. The number of ether oxygens (including phenoxy) is 2. The number of Topliss-reactive ketones (excluding diaryl/α,β-unsaturated/α-hetero) is 1. The fourth-order valence-corrected chi connectivity index (χ4v) is 4.06. The van der Waals surface area contributed by atoms with Gasteiger partial charge in [0.05, 0.1) is 19.4 Å². The zero-order chi connectivity index (χ0) is 21.5. The van der Waals surface area contributed by atoms with E-state index in [0.717, 1.165) is 37.0 Å². The number of phenolic OH excluding ortho intramolecular Hbond substituents is 1. The van der Waals surface area contributed by atoms with Crippen LogP contribution in [0.1, 0.15) is 56.4 Å². The Morgan fingerprint density at radius 2 is 1.93 bits per heavy atom. The monoisotopic (exact) mass is 475 g/mol. The fraction of sp³-hybridized carbons (Fsp3) is 0.500. The minimum atomic E-state index is -0.125. The van der Waals surface area contributed by atoms with Gasteiger partial charge in [0.15, 0.2) is 0 Å². The minimum Gasteiger partial charge on any atom is -0.506 e. The molecule has 0 saturated heterocycles. The molecule has 30 heavy (non-hydrogen) atoms. The third-order valence-corrected chi connectivity index (χ3v) is 6.36. The SMILES string of the molecule is CC(=O)C(C)Cc1ccc(OCCCCOc2cnc3c(c2)CCCC3)c(Br)c1O. The number of aromatic nitrogens is 1. The number of aryl methyl sites for hydroxylation is 2. The molecule has 1 aromatic heterocycles. The third-order valence-electron chi connectivity index (χ3n) is 5.59. The third kappa shape index (κ3) is 5.97. The van der Waals surface area contributed by atoms with Crippen molar-refractivity contribution in [3.8, 4) is 17.2 Å². The normalized spacial score (nSPS) is 14.1. The Bertz CT molecular complexity index is 884. The van der Waals surface area contributed by atoms with Gasteiger partial charge in [-0.25, -0.2) is 0 Å². The van der Waals surface area contributed by atoms with E-state index in [0.29, 0.717) is 29.9 Å². The van der Waals surface area contributed by atoms with Crippen molar-refractivity contribution in [2.75, 3.05) is 13.2 Å². The number of carbonyl (C=O) groups is 1. The zero-order valence-electron chi connectivity index (χ0n) is 17.7. The van der Waals surface area contributed by atoms with E-state index in [1.165, 1.54) is 24.1 Å². The van der Waals surface area contributed by atoms with Crippen LogP contribution in [0.2, 0.25) is 0 Å². The maximum absolute atomic E-state index is 11.5. The van der Waals surface area contributed by atoms with E-state index in [4.69, 9.17) is 9.47 Å². The van der Waals surface area contributed by atoms with E-state index in [2.05, 4.69) is 27.0 Å². The largest absolute Gasteiger partial charge is 0.506 e. The molecule has 0 saturated carbocycles. The lowest BCUT2D eigenvalue weighted by molar-refractivity contribution is -0.120. The number of rotatable bonds is 10. The average Bonchev–Trinajstić information content (AvgIpc) is 2.75. The summed E-state index contributed by atoms with van der Waals surface area (Å²) in [5, 5.41) is 10.4. The molecule has 1 N–H and O–H groups in total. The van der Waals surface area contributed by atoms with E-state index < -0.39 is 0 Å². The number of hydrogen-bond donors (Lipinski definition) is 1. The highest BCUT2D eigenvalue weighted by atomic mass is 79.9. The molecule has 1 atom stereocenters. The lowest BCUT2D eigenvalue weighted by Crippen LogP contribution is -2.10.